The standard InChI is InChI=1S/C16H20N4O2/c1-19-5-7-20(8-6-19)15-10-13(2-4-17-15)11-18-16(21)14-3-9-22-12-14/h2-4,9-10,12H,5-8,11H2,1H3,(H,18,21). The minimum absolute atomic E-state index is 0.133. The fourth-order valence-electron chi connectivity index (χ4n) is 2.46. The van der Waals surface area contributed by atoms with Crippen LogP contribution in [-0.4, -0.2) is 49.0 Å². The molecule has 6 heteroatoms. The molecule has 0 aliphatic carbocycles. The predicted molar refractivity (Wildman–Crippen MR) is 83.8 cm³/mol. The molecule has 3 rings (SSSR count). The molecule has 0 radical (unpaired) electrons. The Hall–Kier alpha value is -2.34. The smallest absolute Gasteiger partial charge is 0.254 e. The molecule has 6 nitrogen and oxygen atoms in total. The molecule has 22 heavy (non-hydrogen) atoms. The van der Waals surface area contributed by atoms with Gasteiger partial charge in [-0.25, -0.2) is 4.98 Å². The first-order valence-electron chi connectivity index (χ1n) is 7.41. The van der Waals surface area contributed by atoms with Gasteiger partial charge in [-0.3, -0.25) is 4.79 Å². The summed E-state index contributed by atoms with van der Waals surface area (Å²) >= 11 is 0. The molecular formula is C16H20N4O2. The quantitative estimate of drug-likeness (QED) is 0.923. The van der Waals surface area contributed by atoms with Crippen molar-refractivity contribution in [1.82, 2.24) is 15.2 Å². The molecule has 0 bridgehead atoms. The van der Waals surface area contributed by atoms with Gasteiger partial charge < -0.3 is 19.5 Å². The number of carbonyl (C=O) groups is 1. The van der Waals surface area contributed by atoms with Crippen LogP contribution >= 0.6 is 0 Å². The summed E-state index contributed by atoms with van der Waals surface area (Å²) in [6.45, 7) is 4.53. The van der Waals surface area contributed by atoms with E-state index in [2.05, 4.69) is 27.1 Å². The van der Waals surface area contributed by atoms with E-state index in [9.17, 15) is 4.79 Å². The summed E-state index contributed by atoms with van der Waals surface area (Å²) in [5.74, 6) is 0.842. The fourth-order valence-corrected chi connectivity index (χ4v) is 2.46. The number of nitrogens with one attached hydrogen (secondary N) is 1. The third-order valence-electron chi connectivity index (χ3n) is 3.87. The lowest BCUT2D eigenvalue weighted by atomic mass is 10.2. The summed E-state index contributed by atoms with van der Waals surface area (Å²) in [5.41, 5.74) is 1.58. The van der Waals surface area contributed by atoms with Crippen LogP contribution in [0.3, 0.4) is 0 Å². The molecule has 0 aromatic carbocycles. The van der Waals surface area contributed by atoms with E-state index in [-0.39, 0.29) is 5.91 Å². The average molecular weight is 300 g/mol. The molecule has 1 amide bonds. The number of carbonyl (C=O) groups excluding carboxylic acids is 1. The lowest BCUT2D eigenvalue weighted by Gasteiger charge is -2.33. The molecule has 0 unspecified atom stereocenters. The fraction of sp³-hybridized carbons (Fsp3) is 0.375. The van der Waals surface area contributed by atoms with E-state index in [4.69, 9.17) is 4.42 Å². The van der Waals surface area contributed by atoms with Crippen molar-refractivity contribution in [1.29, 1.82) is 0 Å². The van der Waals surface area contributed by atoms with Crippen LogP contribution in [0.5, 0.6) is 0 Å². The number of piperazine rings is 1. The summed E-state index contributed by atoms with van der Waals surface area (Å²) in [7, 11) is 2.13. The second kappa shape index (κ2) is 6.62. The van der Waals surface area contributed by atoms with Gasteiger partial charge in [0, 0.05) is 38.9 Å². The number of furan rings is 1. The molecule has 3 heterocycles. The lowest BCUT2D eigenvalue weighted by molar-refractivity contribution is 0.0950. The van der Waals surface area contributed by atoms with E-state index in [0.29, 0.717) is 12.1 Å². The van der Waals surface area contributed by atoms with Crippen molar-refractivity contribution in [3.05, 3.63) is 48.0 Å². The summed E-state index contributed by atoms with van der Waals surface area (Å²) in [5, 5.41) is 2.89. The van der Waals surface area contributed by atoms with Crippen molar-refractivity contribution in [3.8, 4) is 0 Å². The molecule has 116 valence electrons. The molecule has 0 atom stereocenters. The van der Waals surface area contributed by atoms with Crippen LogP contribution in [0.2, 0.25) is 0 Å². The first kappa shape index (κ1) is 14.6. The Bertz CT molecular complexity index is 619. The number of amides is 1. The molecule has 1 aliphatic rings. The van der Waals surface area contributed by atoms with Gasteiger partial charge in [0.1, 0.15) is 12.1 Å². The Morgan fingerprint density at radius 1 is 1.32 bits per heavy atom. The Balaban J connectivity index is 1.60. The van der Waals surface area contributed by atoms with Gasteiger partial charge in [0.25, 0.3) is 5.91 Å². The monoisotopic (exact) mass is 300 g/mol. The van der Waals surface area contributed by atoms with Crippen LogP contribution in [0.4, 0.5) is 5.82 Å². The highest BCUT2D eigenvalue weighted by molar-refractivity contribution is 5.93. The molecule has 2 aromatic heterocycles. The van der Waals surface area contributed by atoms with Gasteiger partial charge in [-0.05, 0) is 30.8 Å². The van der Waals surface area contributed by atoms with E-state index in [1.165, 1.54) is 12.5 Å². The summed E-state index contributed by atoms with van der Waals surface area (Å²) < 4.78 is 4.91. The Kier molecular flexibility index (Phi) is 4.39. The van der Waals surface area contributed by atoms with Crippen LogP contribution in [-0.2, 0) is 6.54 Å². The molecule has 1 N–H and O–H groups in total. The Morgan fingerprint density at radius 2 is 2.14 bits per heavy atom. The minimum Gasteiger partial charge on any atom is -0.472 e. The third-order valence-corrected chi connectivity index (χ3v) is 3.87. The first-order chi connectivity index (χ1) is 10.7. The van der Waals surface area contributed by atoms with E-state index in [1.54, 1.807) is 12.3 Å². The SMILES string of the molecule is CN1CCN(c2cc(CNC(=O)c3ccoc3)ccn2)CC1. The highest BCUT2D eigenvalue weighted by Crippen LogP contribution is 2.14. The predicted octanol–water partition coefficient (Wildman–Crippen LogP) is 1.36. The van der Waals surface area contributed by atoms with Crippen molar-refractivity contribution in [3.63, 3.8) is 0 Å². The number of anilines is 1. The maximum atomic E-state index is 11.9. The largest absolute Gasteiger partial charge is 0.472 e. The lowest BCUT2D eigenvalue weighted by Crippen LogP contribution is -2.44. The van der Waals surface area contributed by atoms with Crippen LogP contribution in [0.15, 0.2) is 41.3 Å². The van der Waals surface area contributed by atoms with E-state index in [1.807, 2.05) is 12.1 Å². The van der Waals surface area contributed by atoms with Gasteiger partial charge >= 0.3 is 0 Å². The molecule has 1 aliphatic heterocycles. The second-order valence-corrected chi connectivity index (χ2v) is 5.51. The van der Waals surface area contributed by atoms with Crippen molar-refractivity contribution >= 4 is 11.7 Å². The minimum atomic E-state index is -0.133. The number of aromatic nitrogens is 1. The number of likely N-dealkylation sites (N-methyl/N-ethyl adjacent to an activating group) is 1. The van der Waals surface area contributed by atoms with E-state index in [0.717, 1.165) is 37.6 Å². The summed E-state index contributed by atoms with van der Waals surface area (Å²) in [6.07, 6.45) is 4.73. The molecule has 0 saturated carbocycles. The molecule has 1 fully saturated rings. The molecule has 2 aromatic rings. The number of hydrogen-bond acceptors (Lipinski definition) is 5. The van der Waals surface area contributed by atoms with Crippen LogP contribution in [0.1, 0.15) is 15.9 Å². The van der Waals surface area contributed by atoms with Gasteiger partial charge in [-0.2, -0.15) is 0 Å². The van der Waals surface area contributed by atoms with E-state index < -0.39 is 0 Å². The number of pyridine rings is 1. The van der Waals surface area contributed by atoms with Crippen LogP contribution in [0.25, 0.3) is 0 Å². The highest BCUT2D eigenvalue weighted by atomic mass is 16.3. The van der Waals surface area contributed by atoms with Gasteiger partial charge in [-0.1, -0.05) is 0 Å². The molecular weight excluding hydrogens is 280 g/mol. The van der Waals surface area contributed by atoms with Crippen molar-refractivity contribution < 1.29 is 9.21 Å². The zero-order chi connectivity index (χ0) is 15.4. The van der Waals surface area contributed by atoms with Crippen molar-refractivity contribution in [2.45, 2.75) is 6.54 Å². The number of nitrogens with zero attached hydrogens (tertiary/aromatic N) is 3. The van der Waals surface area contributed by atoms with Gasteiger partial charge in [0.15, 0.2) is 0 Å². The van der Waals surface area contributed by atoms with Gasteiger partial charge in [0.2, 0.25) is 0 Å². The van der Waals surface area contributed by atoms with Gasteiger partial charge in [0.05, 0.1) is 11.8 Å². The second-order valence-electron chi connectivity index (χ2n) is 5.51. The van der Waals surface area contributed by atoms with Crippen LogP contribution < -0.4 is 10.2 Å². The van der Waals surface area contributed by atoms with Crippen LogP contribution in [0, 0.1) is 0 Å². The first-order valence-corrected chi connectivity index (χ1v) is 7.41. The topological polar surface area (TPSA) is 61.6 Å². The van der Waals surface area contributed by atoms with Crippen molar-refractivity contribution in [2.75, 3.05) is 38.1 Å². The maximum Gasteiger partial charge on any atom is 0.254 e. The Morgan fingerprint density at radius 3 is 2.86 bits per heavy atom. The summed E-state index contributed by atoms with van der Waals surface area (Å²) in [4.78, 5) is 20.9. The van der Waals surface area contributed by atoms with Crippen molar-refractivity contribution in [2.24, 2.45) is 0 Å². The molecule has 0 spiro atoms. The zero-order valence-electron chi connectivity index (χ0n) is 12.7. The van der Waals surface area contributed by atoms with Gasteiger partial charge in [-0.15, -0.1) is 0 Å². The summed E-state index contributed by atoms with van der Waals surface area (Å²) in [6, 6.07) is 5.62. The molecule has 1 saturated heterocycles. The normalized spacial score (nSPS) is 15.8. The maximum absolute atomic E-state index is 11.9. The number of rotatable bonds is 4. The third kappa shape index (κ3) is 3.46. The average Bonchev–Trinajstić information content (AvgIpc) is 3.08. The zero-order valence-corrected chi connectivity index (χ0v) is 12.7. The number of hydrogen-bond donors (Lipinski definition) is 1. The highest BCUT2D eigenvalue weighted by Gasteiger charge is 2.15. The Labute approximate surface area is 129 Å². The van der Waals surface area contributed by atoms with E-state index >= 15 is 0 Å².